The lowest BCUT2D eigenvalue weighted by Gasteiger charge is -2.38. The zero-order valence-electron chi connectivity index (χ0n) is 19.2. The molecule has 3 aromatic rings. The summed E-state index contributed by atoms with van der Waals surface area (Å²) in [5.74, 6) is -0.983. The van der Waals surface area contributed by atoms with Crippen molar-refractivity contribution in [3.05, 3.63) is 48.0 Å². The second-order valence-electron chi connectivity index (χ2n) is 8.17. The van der Waals surface area contributed by atoms with E-state index in [1.807, 2.05) is 0 Å². The number of carboxylic acid groups (broad SMARTS) is 1. The minimum atomic E-state index is -4.86. The van der Waals surface area contributed by atoms with Crippen LogP contribution >= 0.6 is 0 Å². The molecule has 1 aliphatic heterocycles. The maximum Gasteiger partial charge on any atom is 0.412 e. The van der Waals surface area contributed by atoms with Gasteiger partial charge in [0.05, 0.1) is 12.4 Å². The fraction of sp³-hybridized carbons (Fsp3) is 0.318. The van der Waals surface area contributed by atoms with Crippen LogP contribution in [0.5, 0.6) is 5.88 Å². The van der Waals surface area contributed by atoms with Crippen LogP contribution in [0.1, 0.15) is 18.9 Å². The maximum absolute atomic E-state index is 14.9. The summed E-state index contributed by atoms with van der Waals surface area (Å²) < 4.78 is 95.4. The number of nitrogens with one attached hydrogen (secondary N) is 1. The van der Waals surface area contributed by atoms with E-state index in [2.05, 4.69) is 20.1 Å². The number of ether oxygens (including phenoxy) is 2. The van der Waals surface area contributed by atoms with Gasteiger partial charge in [-0.25, -0.2) is 38.2 Å². The fourth-order valence-electron chi connectivity index (χ4n) is 3.63. The lowest BCUT2D eigenvalue weighted by Crippen LogP contribution is -2.48. The average molecular weight is 545 g/mol. The zero-order valence-corrected chi connectivity index (χ0v) is 19.2. The van der Waals surface area contributed by atoms with Gasteiger partial charge in [0.2, 0.25) is 5.88 Å². The molecule has 0 unspecified atom stereocenters. The van der Waals surface area contributed by atoms with Crippen LogP contribution in [0.4, 0.5) is 31.1 Å². The molecule has 2 aromatic heterocycles. The van der Waals surface area contributed by atoms with Crippen molar-refractivity contribution in [3.63, 3.8) is 0 Å². The molecule has 0 saturated carbocycles. The quantitative estimate of drug-likeness (QED) is 0.424. The number of hydrogen-bond donors (Lipinski definition) is 2. The van der Waals surface area contributed by atoms with E-state index in [1.54, 1.807) is 5.32 Å². The van der Waals surface area contributed by atoms with Crippen molar-refractivity contribution >= 4 is 12.1 Å². The number of aromatic nitrogens is 3. The molecule has 0 aliphatic carbocycles. The number of aliphatic imine (C=N–C) groups is 1. The van der Waals surface area contributed by atoms with Crippen LogP contribution in [0.3, 0.4) is 0 Å². The molecule has 0 bridgehead atoms. The molecule has 0 spiro atoms. The molecule has 3 heterocycles. The first-order chi connectivity index (χ1) is 17.8. The molecule has 0 radical (unpaired) electrons. The molecular formula is C22H17F6N5O5. The van der Waals surface area contributed by atoms with Gasteiger partial charge in [0.1, 0.15) is 22.8 Å². The fourth-order valence-corrected chi connectivity index (χ4v) is 3.63. The summed E-state index contributed by atoms with van der Waals surface area (Å²) in [6, 6.07) is 1.55. The molecule has 1 aliphatic rings. The molecule has 0 saturated heterocycles. The Bertz CT molecular complexity index is 1350. The van der Waals surface area contributed by atoms with Crippen LogP contribution in [0.25, 0.3) is 22.7 Å². The number of benzene rings is 1. The SMILES string of the molecule is C[C@@]1(c2cc(-c3cc(-c4cnc(OCC(F)F)cn4)no3)ccc2F)C[C@@H](C(F)(F)F)N=C(NC(=O)O)O1. The molecule has 10 nitrogen and oxygen atoms in total. The van der Waals surface area contributed by atoms with E-state index in [9.17, 15) is 31.1 Å². The Morgan fingerprint density at radius 3 is 2.63 bits per heavy atom. The van der Waals surface area contributed by atoms with Crippen LogP contribution < -0.4 is 10.1 Å². The van der Waals surface area contributed by atoms with E-state index in [-0.39, 0.29) is 34.2 Å². The number of amidine groups is 1. The Morgan fingerprint density at radius 1 is 1.24 bits per heavy atom. The van der Waals surface area contributed by atoms with E-state index in [0.29, 0.717) is 0 Å². The van der Waals surface area contributed by atoms with Gasteiger partial charge in [0.25, 0.3) is 12.4 Å². The van der Waals surface area contributed by atoms with Crippen LogP contribution in [0, 0.1) is 5.82 Å². The molecule has 2 atom stereocenters. The minimum Gasteiger partial charge on any atom is -0.470 e. The van der Waals surface area contributed by atoms with Gasteiger partial charge in [-0.2, -0.15) is 13.2 Å². The summed E-state index contributed by atoms with van der Waals surface area (Å²) >= 11 is 0. The number of carbonyl (C=O) groups is 1. The molecule has 1 aromatic carbocycles. The summed E-state index contributed by atoms with van der Waals surface area (Å²) in [4.78, 5) is 22.1. The molecule has 2 N–H and O–H groups in total. The molecular weight excluding hydrogens is 528 g/mol. The smallest absolute Gasteiger partial charge is 0.412 e. The minimum absolute atomic E-state index is 0.0745. The zero-order chi connectivity index (χ0) is 27.7. The highest BCUT2D eigenvalue weighted by Crippen LogP contribution is 2.42. The van der Waals surface area contributed by atoms with Gasteiger partial charge in [-0.1, -0.05) is 5.16 Å². The lowest BCUT2D eigenvalue weighted by molar-refractivity contribution is -0.164. The van der Waals surface area contributed by atoms with Crippen LogP contribution in [-0.4, -0.2) is 57.6 Å². The number of nitrogens with zero attached hydrogens (tertiary/aromatic N) is 4. The number of hydrogen-bond acceptors (Lipinski definition) is 8. The third-order valence-corrected chi connectivity index (χ3v) is 5.35. The summed E-state index contributed by atoms with van der Waals surface area (Å²) in [6.07, 6.45) is -7.80. The third kappa shape index (κ3) is 5.95. The van der Waals surface area contributed by atoms with Crippen LogP contribution in [0.2, 0.25) is 0 Å². The molecule has 16 heteroatoms. The first-order valence-corrected chi connectivity index (χ1v) is 10.7. The predicted octanol–water partition coefficient (Wildman–Crippen LogP) is 4.77. The van der Waals surface area contributed by atoms with Gasteiger partial charge in [0.15, 0.2) is 18.4 Å². The second-order valence-corrected chi connectivity index (χ2v) is 8.17. The topological polar surface area (TPSA) is 132 Å². The van der Waals surface area contributed by atoms with Crippen molar-refractivity contribution in [2.45, 2.75) is 37.6 Å². The monoisotopic (exact) mass is 545 g/mol. The maximum atomic E-state index is 14.9. The van der Waals surface area contributed by atoms with E-state index >= 15 is 0 Å². The summed E-state index contributed by atoms with van der Waals surface area (Å²) in [6.45, 7) is 0.312. The Labute approximate surface area is 209 Å². The standard InChI is InChI=1S/C22H17F6N5O5/c1-21(6-16(22(26,27)28)31-19(37-21)32-20(34)35)11-4-10(2-3-12(11)23)15-5-13(33-38-15)14-7-30-18(8-29-14)36-9-17(24)25/h2-5,7-8,16-17H,6,9H2,1H3,(H,31,32)(H,34,35)/t16-,21-/m0/s1. The summed E-state index contributed by atoms with van der Waals surface area (Å²) in [5.41, 5.74) is -1.74. The highest BCUT2D eigenvalue weighted by molar-refractivity contribution is 5.90. The Morgan fingerprint density at radius 2 is 2.00 bits per heavy atom. The normalized spacial score (nSPS) is 19.6. The van der Waals surface area contributed by atoms with Crippen molar-refractivity contribution in [1.29, 1.82) is 0 Å². The third-order valence-electron chi connectivity index (χ3n) is 5.35. The highest BCUT2D eigenvalue weighted by atomic mass is 19.4. The number of rotatable bonds is 6. The average Bonchev–Trinajstić information content (AvgIpc) is 3.32. The number of halogens is 6. The number of amides is 1. The predicted molar refractivity (Wildman–Crippen MR) is 116 cm³/mol. The molecule has 4 rings (SSSR count). The molecule has 1 amide bonds. The van der Waals surface area contributed by atoms with Gasteiger partial charge in [-0.3, -0.25) is 0 Å². The highest BCUT2D eigenvalue weighted by Gasteiger charge is 2.50. The molecule has 202 valence electrons. The van der Waals surface area contributed by atoms with Crippen molar-refractivity contribution in [2.24, 2.45) is 4.99 Å². The van der Waals surface area contributed by atoms with Gasteiger partial charge in [-0.05, 0) is 25.1 Å². The van der Waals surface area contributed by atoms with Gasteiger partial charge < -0.3 is 19.1 Å². The Balaban J connectivity index is 1.62. The van der Waals surface area contributed by atoms with Gasteiger partial charge in [0, 0.05) is 23.6 Å². The van der Waals surface area contributed by atoms with E-state index < -0.39 is 55.2 Å². The van der Waals surface area contributed by atoms with Crippen molar-refractivity contribution < 1.29 is 50.2 Å². The van der Waals surface area contributed by atoms with Crippen molar-refractivity contribution in [3.8, 4) is 28.6 Å². The van der Waals surface area contributed by atoms with E-state index in [0.717, 1.165) is 12.3 Å². The first kappa shape index (κ1) is 26.7. The molecule has 38 heavy (non-hydrogen) atoms. The summed E-state index contributed by atoms with van der Waals surface area (Å²) in [7, 11) is 0. The van der Waals surface area contributed by atoms with E-state index in [1.165, 1.54) is 31.3 Å². The largest absolute Gasteiger partial charge is 0.470 e. The molecule has 0 fully saturated rings. The van der Waals surface area contributed by atoms with Crippen molar-refractivity contribution in [1.82, 2.24) is 20.4 Å². The summed E-state index contributed by atoms with van der Waals surface area (Å²) in [5, 5.41) is 14.4. The van der Waals surface area contributed by atoms with E-state index in [4.69, 9.17) is 19.1 Å². The van der Waals surface area contributed by atoms with Gasteiger partial charge in [-0.15, -0.1) is 0 Å². The lowest BCUT2D eigenvalue weighted by atomic mass is 9.86. The van der Waals surface area contributed by atoms with Crippen LogP contribution in [-0.2, 0) is 10.3 Å². The second kappa shape index (κ2) is 10.2. The Kier molecular flexibility index (Phi) is 7.15. The Hall–Kier alpha value is -4.37. The van der Waals surface area contributed by atoms with Crippen LogP contribution in [0.15, 0.2) is 46.2 Å². The number of alkyl halides is 5. The van der Waals surface area contributed by atoms with Gasteiger partial charge >= 0.3 is 12.3 Å². The van der Waals surface area contributed by atoms with Crippen molar-refractivity contribution in [2.75, 3.05) is 6.61 Å². The first-order valence-electron chi connectivity index (χ1n) is 10.7.